The van der Waals surface area contributed by atoms with E-state index < -0.39 is 0 Å². The number of H-pyrrole nitrogens is 2. The van der Waals surface area contributed by atoms with Crippen molar-refractivity contribution >= 4 is 39.2 Å². The van der Waals surface area contributed by atoms with Gasteiger partial charge >= 0.3 is 0 Å². The number of hydrogen-bond donors (Lipinski definition) is 2. The van der Waals surface area contributed by atoms with Crippen LogP contribution in [0.25, 0.3) is 39.0 Å². The molecule has 0 radical (unpaired) electrons. The van der Waals surface area contributed by atoms with Crippen molar-refractivity contribution in [3.63, 3.8) is 0 Å². The molecule has 0 spiro atoms. The first-order valence-corrected chi connectivity index (χ1v) is 8.10. The average molecular weight is 337 g/mol. The van der Waals surface area contributed by atoms with Crippen LogP contribution in [0.5, 0.6) is 0 Å². The Morgan fingerprint density at radius 3 is 2.96 bits per heavy atom. The number of benzene rings is 1. The largest absolute Gasteiger partial charge is 0.338 e. The number of imidazole rings is 1. The van der Waals surface area contributed by atoms with Gasteiger partial charge < -0.3 is 4.98 Å². The summed E-state index contributed by atoms with van der Waals surface area (Å²) < 4.78 is 1.80. The molecule has 0 aliphatic heterocycles. The van der Waals surface area contributed by atoms with Crippen LogP contribution in [0.1, 0.15) is 12.8 Å². The number of halogens is 1. The van der Waals surface area contributed by atoms with Gasteiger partial charge in [0.15, 0.2) is 0 Å². The van der Waals surface area contributed by atoms with Crippen LogP contribution in [0.2, 0.25) is 0 Å². The van der Waals surface area contributed by atoms with Crippen molar-refractivity contribution in [2.45, 2.75) is 12.8 Å². The Labute approximate surface area is 141 Å². The van der Waals surface area contributed by atoms with Gasteiger partial charge in [-0.3, -0.25) is 5.10 Å². The maximum Gasteiger partial charge on any atom is 0.141 e. The lowest BCUT2D eigenvalue weighted by molar-refractivity contribution is 0.885. The fraction of sp³-hybridized carbons (Fsp3) is 0.118. The number of aromatic nitrogens is 6. The fourth-order valence-corrected chi connectivity index (χ4v) is 3.27. The molecular formula is C17H13ClN6. The van der Waals surface area contributed by atoms with E-state index in [-0.39, 0.29) is 0 Å². The summed E-state index contributed by atoms with van der Waals surface area (Å²) in [5, 5.41) is 13.3. The predicted octanol–water partition coefficient (Wildman–Crippen LogP) is 4.06. The van der Waals surface area contributed by atoms with Gasteiger partial charge in [0.2, 0.25) is 0 Å². The Balaban J connectivity index is 1.58. The molecule has 24 heavy (non-hydrogen) atoms. The SMILES string of the molecule is ClC1=CCCC=C1n1cc(-c2nc3cc4c[nH]nc4cc3[nH]2)cn1. The molecule has 118 valence electrons. The van der Waals surface area contributed by atoms with E-state index in [1.165, 1.54) is 0 Å². The maximum absolute atomic E-state index is 6.28. The number of hydrogen-bond acceptors (Lipinski definition) is 3. The van der Waals surface area contributed by atoms with Crippen molar-refractivity contribution in [1.82, 2.24) is 29.9 Å². The highest BCUT2D eigenvalue weighted by Gasteiger charge is 2.13. The summed E-state index contributed by atoms with van der Waals surface area (Å²) in [7, 11) is 0. The van der Waals surface area contributed by atoms with Crippen molar-refractivity contribution in [1.29, 1.82) is 0 Å². The molecule has 0 saturated heterocycles. The number of allylic oxidation sites excluding steroid dienone is 4. The second kappa shape index (κ2) is 5.07. The molecule has 4 aromatic rings. The molecule has 0 atom stereocenters. The van der Waals surface area contributed by atoms with Crippen molar-refractivity contribution in [2.75, 3.05) is 0 Å². The molecule has 3 heterocycles. The average Bonchev–Trinajstić information content (AvgIpc) is 3.31. The summed E-state index contributed by atoms with van der Waals surface area (Å²) >= 11 is 6.28. The molecule has 2 N–H and O–H groups in total. The van der Waals surface area contributed by atoms with E-state index in [9.17, 15) is 0 Å². The molecule has 7 heteroatoms. The lowest BCUT2D eigenvalue weighted by Gasteiger charge is -2.10. The third-order valence-corrected chi connectivity index (χ3v) is 4.56. The van der Waals surface area contributed by atoms with Crippen molar-refractivity contribution in [2.24, 2.45) is 0 Å². The summed E-state index contributed by atoms with van der Waals surface area (Å²) in [5.74, 6) is 0.782. The first-order valence-electron chi connectivity index (χ1n) is 7.73. The van der Waals surface area contributed by atoms with Crippen molar-refractivity contribution in [3.8, 4) is 11.4 Å². The topological polar surface area (TPSA) is 75.2 Å². The second-order valence-corrected chi connectivity index (χ2v) is 6.20. The molecule has 1 aliphatic carbocycles. The summed E-state index contributed by atoms with van der Waals surface area (Å²) in [6.45, 7) is 0. The highest BCUT2D eigenvalue weighted by molar-refractivity contribution is 6.35. The summed E-state index contributed by atoms with van der Waals surface area (Å²) in [5.41, 5.74) is 4.61. The van der Waals surface area contributed by atoms with Crippen LogP contribution in [0.3, 0.4) is 0 Å². The Morgan fingerprint density at radius 1 is 1.12 bits per heavy atom. The van der Waals surface area contributed by atoms with Gasteiger partial charge in [-0.2, -0.15) is 10.2 Å². The van der Waals surface area contributed by atoms with Crippen LogP contribution in [0, 0.1) is 0 Å². The predicted molar refractivity (Wildman–Crippen MR) is 94.4 cm³/mol. The zero-order valence-corrected chi connectivity index (χ0v) is 13.4. The minimum Gasteiger partial charge on any atom is -0.338 e. The first kappa shape index (κ1) is 13.6. The standard InChI is InChI=1S/C17H13ClN6/c18-12-3-1-2-4-16(12)24-9-11(8-20-24)17-21-14-5-10-7-19-23-13(10)6-15(14)22-17/h3-9H,1-2H2,(H,19,23)(H,21,22). The molecule has 1 aromatic carbocycles. The van der Waals surface area contributed by atoms with Gasteiger partial charge in [0, 0.05) is 17.8 Å². The molecule has 5 rings (SSSR count). The van der Waals surface area contributed by atoms with Crippen LogP contribution in [0.15, 0.2) is 47.9 Å². The highest BCUT2D eigenvalue weighted by Crippen LogP contribution is 2.28. The van der Waals surface area contributed by atoms with Crippen LogP contribution in [0.4, 0.5) is 0 Å². The van der Waals surface area contributed by atoms with Gasteiger partial charge in [-0.15, -0.1) is 0 Å². The van der Waals surface area contributed by atoms with E-state index in [1.54, 1.807) is 10.9 Å². The molecule has 0 fully saturated rings. The van der Waals surface area contributed by atoms with Gasteiger partial charge in [-0.1, -0.05) is 23.8 Å². The third kappa shape index (κ3) is 2.07. The molecule has 6 nitrogen and oxygen atoms in total. The number of nitrogens with zero attached hydrogens (tertiary/aromatic N) is 4. The van der Waals surface area contributed by atoms with Gasteiger partial charge in [0.05, 0.1) is 39.0 Å². The lowest BCUT2D eigenvalue weighted by Crippen LogP contribution is -2.00. The summed E-state index contributed by atoms with van der Waals surface area (Å²) in [6.07, 6.45) is 11.7. The fourth-order valence-electron chi connectivity index (χ4n) is 2.99. The minimum absolute atomic E-state index is 0.738. The monoisotopic (exact) mass is 336 g/mol. The second-order valence-electron chi connectivity index (χ2n) is 5.79. The van der Waals surface area contributed by atoms with Crippen LogP contribution < -0.4 is 0 Å². The van der Waals surface area contributed by atoms with Gasteiger partial charge in [0.25, 0.3) is 0 Å². The van der Waals surface area contributed by atoms with E-state index in [1.807, 2.05) is 30.6 Å². The van der Waals surface area contributed by atoms with Gasteiger partial charge in [0.1, 0.15) is 5.82 Å². The number of nitrogens with one attached hydrogen (secondary N) is 2. The molecule has 1 aliphatic rings. The molecule has 0 bridgehead atoms. The maximum atomic E-state index is 6.28. The normalized spacial score (nSPS) is 15.0. The van der Waals surface area contributed by atoms with E-state index in [0.717, 1.165) is 56.9 Å². The first-order chi connectivity index (χ1) is 11.8. The van der Waals surface area contributed by atoms with Crippen molar-refractivity contribution in [3.05, 3.63) is 47.9 Å². The molecule has 0 unspecified atom stereocenters. The van der Waals surface area contributed by atoms with Gasteiger partial charge in [-0.25, -0.2) is 9.67 Å². The smallest absolute Gasteiger partial charge is 0.141 e. The van der Waals surface area contributed by atoms with E-state index >= 15 is 0 Å². The zero-order chi connectivity index (χ0) is 16.1. The Morgan fingerprint density at radius 2 is 2.04 bits per heavy atom. The molecular weight excluding hydrogens is 324 g/mol. The van der Waals surface area contributed by atoms with Crippen LogP contribution in [-0.2, 0) is 0 Å². The zero-order valence-electron chi connectivity index (χ0n) is 12.6. The lowest BCUT2D eigenvalue weighted by atomic mass is 10.1. The third-order valence-electron chi connectivity index (χ3n) is 4.21. The minimum atomic E-state index is 0.738. The molecule has 3 aromatic heterocycles. The highest BCUT2D eigenvalue weighted by atomic mass is 35.5. The van der Waals surface area contributed by atoms with E-state index in [0.29, 0.717) is 0 Å². The van der Waals surface area contributed by atoms with Crippen LogP contribution in [-0.4, -0.2) is 29.9 Å². The number of aromatic amines is 2. The Hall–Kier alpha value is -2.86. The molecule has 0 amide bonds. The van der Waals surface area contributed by atoms with Crippen molar-refractivity contribution < 1.29 is 0 Å². The Kier molecular flexibility index (Phi) is 2.87. The van der Waals surface area contributed by atoms with Crippen LogP contribution >= 0.6 is 11.6 Å². The van der Waals surface area contributed by atoms with E-state index in [4.69, 9.17) is 11.6 Å². The summed E-state index contributed by atoms with van der Waals surface area (Å²) in [6, 6.07) is 4.01. The summed E-state index contributed by atoms with van der Waals surface area (Å²) in [4.78, 5) is 8.01. The van der Waals surface area contributed by atoms with E-state index in [2.05, 4.69) is 31.3 Å². The quantitative estimate of drug-likeness (QED) is 0.579. The number of fused-ring (bicyclic) bond motifs is 2. The molecule has 0 saturated carbocycles. The Bertz CT molecular complexity index is 1080. The number of rotatable bonds is 2. The van der Waals surface area contributed by atoms with Gasteiger partial charge in [-0.05, 0) is 25.0 Å².